The van der Waals surface area contributed by atoms with Gasteiger partial charge in [0.1, 0.15) is 12.2 Å². The van der Waals surface area contributed by atoms with Crippen LogP contribution in [0, 0.1) is 11.3 Å². The predicted octanol–water partition coefficient (Wildman–Crippen LogP) is 1.75. The molecule has 0 heterocycles. The molecule has 5 nitrogen and oxygen atoms in total. The molecule has 0 fully saturated rings. The molecule has 0 aliphatic carbocycles. The zero-order valence-electron chi connectivity index (χ0n) is 9.61. The molecule has 1 aromatic rings. The van der Waals surface area contributed by atoms with Crippen molar-refractivity contribution in [2.45, 2.75) is 13.3 Å². The fraction of sp³-hybridized carbons (Fsp3) is 0.250. The second-order valence-corrected chi connectivity index (χ2v) is 3.35. The maximum Gasteiger partial charge on any atom is 0.238 e. The minimum atomic E-state index is -0.438. The number of nitrogens with zero attached hydrogens (tertiary/aromatic N) is 1. The maximum absolute atomic E-state index is 11.3. The molecule has 88 valence electrons. The smallest absolute Gasteiger partial charge is 0.238 e. The highest BCUT2D eigenvalue weighted by Gasteiger charge is 2.09. The lowest BCUT2D eigenvalue weighted by Crippen LogP contribution is -2.11. The van der Waals surface area contributed by atoms with E-state index in [9.17, 15) is 9.59 Å². The number of amides is 1. The molecule has 1 aromatic carbocycles. The molecular weight excluding hydrogens is 220 g/mol. The monoisotopic (exact) mass is 232 g/mol. The molecule has 1 N–H and O–H groups in total. The van der Waals surface area contributed by atoms with E-state index >= 15 is 0 Å². The Kier molecular flexibility index (Phi) is 4.23. The molecule has 17 heavy (non-hydrogen) atoms. The van der Waals surface area contributed by atoms with Gasteiger partial charge in [0.15, 0.2) is 5.78 Å². The molecule has 0 aromatic heterocycles. The first kappa shape index (κ1) is 12.7. The Labute approximate surface area is 99.0 Å². The Morgan fingerprint density at radius 3 is 2.71 bits per heavy atom. The SMILES string of the molecule is COc1ccc(C(C)=O)cc1NC(=O)CC#N. The number of benzene rings is 1. The van der Waals surface area contributed by atoms with E-state index in [1.807, 2.05) is 0 Å². The number of nitriles is 1. The van der Waals surface area contributed by atoms with Crippen LogP contribution < -0.4 is 10.1 Å². The molecule has 1 rings (SSSR count). The van der Waals surface area contributed by atoms with Crippen LogP contribution in [0.1, 0.15) is 23.7 Å². The van der Waals surface area contributed by atoms with Crippen LogP contribution in [0.25, 0.3) is 0 Å². The molecule has 0 bridgehead atoms. The predicted molar refractivity (Wildman–Crippen MR) is 61.9 cm³/mol. The molecule has 0 spiro atoms. The van der Waals surface area contributed by atoms with Crippen LogP contribution in [-0.4, -0.2) is 18.8 Å². The lowest BCUT2D eigenvalue weighted by molar-refractivity contribution is -0.115. The van der Waals surface area contributed by atoms with E-state index in [1.54, 1.807) is 18.2 Å². The highest BCUT2D eigenvalue weighted by atomic mass is 16.5. The Bertz CT molecular complexity index is 489. The first-order valence-electron chi connectivity index (χ1n) is 4.94. The summed E-state index contributed by atoms with van der Waals surface area (Å²) < 4.78 is 5.05. The fourth-order valence-corrected chi connectivity index (χ4v) is 1.29. The molecule has 0 unspecified atom stereocenters. The third-order valence-corrected chi connectivity index (χ3v) is 2.12. The van der Waals surface area contributed by atoms with Crippen LogP contribution in [0.3, 0.4) is 0 Å². The number of anilines is 1. The van der Waals surface area contributed by atoms with Crippen molar-refractivity contribution in [1.82, 2.24) is 0 Å². The van der Waals surface area contributed by atoms with E-state index in [0.717, 1.165) is 0 Å². The largest absolute Gasteiger partial charge is 0.495 e. The van der Waals surface area contributed by atoms with Crippen molar-refractivity contribution >= 4 is 17.4 Å². The third-order valence-electron chi connectivity index (χ3n) is 2.12. The van der Waals surface area contributed by atoms with E-state index in [1.165, 1.54) is 20.1 Å². The fourth-order valence-electron chi connectivity index (χ4n) is 1.29. The molecule has 0 saturated carbocycles. The van der Waals surface area contributed by atoms with Gasteiger partial charge in [-0.2, -0.15) is 5.26 Å². The summed E-state index contributed by atoms with van der Waals surface area (Å²) >= 11 is 0. The normalized spacial score (nSPS) is 9.24. The second-order valence-electron chi connectivity index (χ2n) is 3.35. The van der Waals surface area contributed by atoms with Gasteiger partial charge in [0.25, 0.3) is 0 Å². The van der Waals surface area contributed by atoms with E-state index in [0.29, 0.717) is 17.0 Å². The van der Waals surface area contributed by atoms with Crippen LogP contribution in [0.2, 0.25) is 0 Å². The summed E-state index contributed by atoms with van der Waals surface area (Å²) in [6.07, 6.45) is -0.243. The summed E-state index contributed by atoms with van der Waals surface area (Å²) in [6.45, 7) is 1.43. The van der Waals surface area contributed by atoms with Gasteiger partial charge in [0.05, 0.1) is 18.9 Å². The van der Waals surface area contributed by atoms with Crippen LogP contribution in [-0.2, 0) is 4.79 Å². The van der Waals surface area contributed by atoms with E-state index in [4.69, 9.17) is 10.00 Å². The van der Waals surface area contributed by atoms with Gasteiger partial charge in [-0.15, -0.1) is 0 Å². The molecule has 0 radical (unpaired) electrons. The molecule has 0 atom stereocenters. The summed E-state index contributed by atoms with van der Waals surface area (Å²) in [7, 11) is 1.46. The Morgan fingerprint density at radius 2 is 2.18 bits per heavy atom. The Morgan fingerprint density at radius 1 is 1.47 bits per heavy atom. The van der Waals surface area contributed by atoms with E-state index in [2.05, 4.69) is 5.32 Å². The van der Waals surface area contributed by atoms with Gasteiger partial charge in [-0.25, -0.2) is 0 Å². The quantitative estimate of drug-likeness (QED) is 0.802. The van der Waals surface area contributed by atoms with Gasteiger partial charge in [0, 0.05) is 5.56 Å². The van der Waals surface area contributed by atoms with Crippen LogP contribution >= 0.6 is 0 Å². The van der Waals surface area contributed by atoms with Gasteiger partial charge in [-0.1, -0.05) is 0 Å². The molecule has 0 aliphatic heterocycles. The molecule has 0 aliphatic rings. The molecule has 1 amide bonds. The van der Waals surface area contributed by atoms with Crippen LogP contribution in [0.15, 0.2) is 18.2 Å². The summed E-state index contributed by atoms with van der Waals surface area (Å²) in [6, 6.07) is 6.48. The van der Waals surface area contributed by atoms with Crippen molar-refractivity contribution in [3.63, 3.8) is 0 Å². The first-order chi connectivity index (χ1) is 8.08. The molecular formula is C12H12N2O3. The van der Waals surface area contributed by atoms with Crippen LogP contribution in [0.5, 0.6) is 5.75 Å². The topological polar surface area (TPSA) is 79.2 Å². The van der Waals surface area contributed by atoms with Gasteiger partial charge in [0.2, 0.25) is 5.91 Å². The zero-order chi connectivity index (χ0) is 12.8. The minimum Gasteiger partial charge on any atom is -0.495 e. The zero-order valence-corrected chi connectivity index (χ0v) is 9.61. The minimum absolute atomic E-state index is 0.108. The summed E-state index contributed by atoms with van der Waals surface area (Å²) in [5, 5.41) is 10.9. The van der Waals surface area contributed by atoms with Crippen molar-refractivity contribution in [2.75, 3.05) is 12.4 Å². The standard InChI is InChI=1S/C12H12N2O3/c1-8(15)9-3-4-11(17-2)10(7-9)14-12(16)5-6-13/h3-4,7H,5H2,1-2H3,(H,14,16). The number of Topliss-reactive ketones (excluding diaryl/α,β-unsaturated/α-hetero) is 1. The van der Waals surface area contributed by atoms with Gasteiger partial charge in [-0.3, -0.25) is 9.59 Å². The van der Waals surface area contributed by atoms with Gasteiger partial charge < -0.3 is 10.1 Å². The number of nitrogens with one attached hydrogen (secondary N) is 1. The van der Waals surface area contributed by atoms with E-state index in [-0.39, 0.29) is 12.2 Å². The van der Waals surface area contributed by atoms with Gasteiger partial charge >= 0.3 is 0 Å². The van der Waals surface area contributed by atoms with Crippen LogP contribution in [0.4, 0.5) is 5.69 Å². The second kappa shape index (κ2) is 5.66. The number of carbonyl (C=O) groups is 2. The Hall–Kier alpha value is -2.35. The molecule has 5 heteroatoms. The number of rotatable bonds is 4. The number of ketones is 1. The number of methoxy groups -OCH3 is 1. The van der Waals surface area contributed by atoms with Crippen molar-refractivity contribution in [2.24, 2.45) is 0 Å². The summed E-state index contributed by atoms with van der Waals surface area (Å²) in [5.74, 6) is -0.101. The van der Waals surface area contributed by atoms with Crippen molar-refractivity contribution in [1.29, 1.82) is 5.26 Å². The van der Waals surface area contributed by atoms with Gasteiger partial charge in [-0.05, 0) is 25.1 Å². The van der Waals surface area contributed by atoms with Crippen molar-refractivity contribution in [3.8, 4) is 11.8 Å². The average Bonchev–Trinajstić information content (AvgIpc) is 2.29. The number of carbonyl (C=O) groups excluding carboxylic acids is 2. The first-order valence-corrected chi connectivity index (χ1v) is 4.94. The average molecular weight is 232 g/mol. The van der Waals surface area contributed by atoms with E-state index < -0.39 is 5.91 Å². The lowest BCUT2D eigenvalue weighted by Gasteiger charge is -2.10. The maximum atomic E-state index is 11.3. The lowest BCUT2D eigenvalue weighted by atomic mass is 10.1. The highest BCUT2D eigenvalue weighted by molar-refractivity contribution is 5.98. The van der Waals surface area contributed by atoms with Crippen molar-refractivity contribution < 1.29 is 14.3 Å². The summed E-state index contributed by atoms with van der Waals surface area (Å²) in [5.41, 5.74) is 0.860. The molecule has 0 saturated heterocycles. The third kappa shape index (κ3) is 3.31. The number of hydrogen-bond donors (Lipinski definition) is 1. The number of ether oxygens (including phenoxy) is 1. The highest BCUT2D eigenvalue weighted by Crippen LogP contribution is 2.25. The Balaban J connectivity index is 3.02. The summed E-state index contributed by atoms with van der Waals surface area (Å²) in [4.78, 5) is 22.5. The number of hydrogen-bond acceptors (Lipinski definition) is 4. The van der Waals surface area contributed by atoms with Crippen molar-refractivity contribution in [3.05, 3.63) is 23.8 Å².